The molecule has 6 rings (SSSR count). The number of rotatable bonds is 7. The van der Waals surface area contributed by atoms with Crippen molar-refractivity contribution in [1.29, 1.82) is 0 Å². The van der Waals surface area contributed by atoms with Gasteiger partial charge in [0.1, 0.15) is 11.2 Å². The second kappa shape index (κ2) is 9.45. The van der Waals surface area contributed by atoms with Crippen LogP contribution in [-0.2, 0) is 29.7 Å². The molecule has 1 aliphatic carbocycles. The molecule has 200 valence electrons. The van der Waals surface area contributed by atoms with Crippen molar-refractivity contribution in [3.8, 4) is 11.1 Å². The number of hydrogen-bond donors (Lipinski definition) is 3. The van der Waals surface area contributed by atoms with Gasteiger partial charge in [0.25, 0.3) is 0 Å². The molecule has 3 N–H and O–H groups in total. The Morgan fingerprint density at radius 1 is 1.00 bits per heavy atom. The van der Waals surface area contributed by atoms with Gasteiger partial charge < -0.3 is 20.5 Å². The topological polar surface area (TPSA) is 105 Å². The number of benzene rings is 2. The maximum atomic E-state index is 14.8. The van der Waals surface area contributed by atoms with Crippen molar-refractivity contribution in [2.75, 3.05) is 10.6 Å². The third-order valence-electron chi connectivity index (χ3n) is 7.02. The van der Waals surface area contributed by atoms with Crippen LogP contribution in [0, 0.1) is 5.82 Å². The van der Waals surface area contributed by atoms with Gasteiger partial charge in [-0.15, -0.1) is 0 Å². The summed E-state index contributed by atoms with van der Waals surface area (Å²) in [6.45, 7) is 1.67. The largest absolute Gasteiger partial charge is 0.401 e. The quantitative estimate of drug-likeness (QED) is 0.271. The van der Waals surface area contributed by atoms with E-state index in [1.165, 1.54) is 23.3 Å². The van der Waals surface area contributed by atoms with E-state index in [9.17, 15) is 22.4 Å². The molecule has 0 spiro atoms. The Morgan fingerprint density at radius 2 is 1.77 bits per heavy atom. The zero-order valence-corrected chi connectivity index (χ0v) is 20.4. The lowest BCUT2D eigenvalue weighted by Crippen LogP contribution is -2.28. The van der Waals surface area contributed by atoms with Crippen molar-refractivity contribution in [3.63, 3.8) is 0 Å². The molecular weight excluding hydrogens is 516 g/mol. The van der Waals surface area contributed by atoms with Crippen molar-refractivity contribution < 1.29 is 26.9 Å². The molecule has 0 radical (unpaired) electrons. The molecule has 3 heterocycles. The van der Waals surface area contributed by atoms with Gasteiger partial charge in [0.2, 0.25) is 11.9 Å². The molecule has 0 saturated heterocycles. The van der Waals surface area contributed by atoms with Crippen LogP contribution in [0.3, 0.4) is 0 Å². The summed E-state index contributed by atoms with van der Waals surface area (Å²) in [4.78, 5) is 21.0. The van der Waals surface area contributed by atoms with Crippen molar-refractivity contribution in [3.05, 3.63) is 83.1 Å². The monoisotopic (exact) mass is 538 g/mol. The van der Waals surface area contributed by atoms with Crippen LogP contribution in [0.4, 0.5) is 35.0 Å². The molecule has 2 aliphatic rings. The van der Waals surface area contributed by atoms with Crippen molar-refractivity contribution in [2.45, 2.75) is 43.9 Å². The number of nitrogens with zero attached hydrogens (tertiary/aromatic N) is 3. The Labute approximate surface area is 219 Å². The summed E-state index contributed by atoms with van der Waals surface area (Å²) in [5, 5.41) is 12.3. The number of nitrogens with one attached hydrogen (secondary N) is 3. The smallest absolute Gasteiger partial charge is 0.358 e. The molecule has 2 aromatic heterocycles. The van der Waals surface area contributed by atoms with Gasteiger partial charge in [-0.25, -0.2) is 14.4 Å². The van der Waals surface area contributed by atoms with Gasteiger partial charge in [-0.1, -0.05) is 23.4 Å². The molecule has 0 bridgehead atoms. The molecule has 0 unspecified atom stereocenters. The molecule has 1 saturated carbocycles. The summed E-state index contributed by atoms with van der Waals surface area (Å²) in [6, 6.07) is 11.5. The molecule has 39 heavy (non-hydrogen) atoms. The number of carbonyl (C=O) groups excluding carboxylic acids is 1. The maximum Gasteiger partial charge on any atom is 0.401 e. The van der Waals surface area contributed by atoms with Crippen LogP contribution in [0.5, 0.6) is 0 Å². The predicted octanol–water partition coefficient (Wildman–Crippen LogP) is 5.39. The third kappa shape index (κ3) is 4.94. The second-order valence-electron chi connectivity index (χ2n) is 9.69. The van der Waals surface area contributed by atoms with Crippen LogP contribution in [0.15, 0.2) is 59.4 Å². The van der Waals surface area contributed by atoms with E-state index >= 15 is 0 Å². The van der Waals surface area contributed by atoms with E-state index in [2.05, 4.69) is 37.1 Å². The van der Waals surface area contributed by atoms with Gasteiger partial charge in [-0.3, -0.25) is 4.79 Å². The van der Waals surface area contributed by atoms with Crippen LogP contribution in [0.25, 0.3) is 11.1 Å². The van der Waals surface area contributed by atoms with Crippen LogP contribution in [0.2, 0.25) is 0 Å². The number of fused-ring (bicyclic) bond motifs is 1. The standard InChI is InChI=1S/C27H22F4N6O2/c28-21-8-15(19-13-33-25(34-14-19)35-20-4-3-17-11-32-12-18(17)7-20)1-2-16(21)9-24(38)36-23-10-22(39-37-23)26(5-6-26)27(29,30)31/h1-4,7-8,10,13-14,32H,5-6,9,11-12H2,(H,33,34,35)(H,36,37,38). The van der Waals surface area contributed by atoms with Gasteiger partial charge in [0.05, 0.1) is 6.42 Å². The number of halogens is 4. The Kier molecular flexibility index (Phi) is 6.06. The Balaban J connectivity index is 1.08. The first-order valence-corrected chi connectivity index (χ1v) is 12.2. The zero-order chi connectivity index (χ0) is 27.2. The average molecular weight is 539 g/mol. The van der Waals surface area contributed by atoms with E-state index < -0.39 is 23.3 Å². The summed E-state index contributed by atoms with van der Waals surface area (Å²) in [5.41, 5.74) is 2.53. The van der Waals surface area contributed by atoms with Crippen LogP contribution in [0.1, 0.15) is 35.3 Å². The van der Waals surface area contributed by atoms with E-state index in [1.807, 2.05) is 12.1 Å². The van der Waals surface area contributed by atoms with Crippen LogP contribution >= 0.6 is 0 Å². The molecule has 1 fully saturated rings. The maximum absolute atomic E-state index is 14.8. The lowest BCUT2D eigenvalue weighted by molar-refractivity contribution is -0.165. The summed E-state index contributed by atoms with van der Waals surface area (Å²) >= 11 is 0. The van der Waals surface area contributed by atoms with Crippen LogP contribution < -0.4 is 16.0 Å². The minimum Gasteiger partial charge on any atom is -0.358 e. The first-order valence-electron chi connectivity index (χ1n) is 12.2. The number of alkyl halides is 3. The minimum absolute atomic E-state index is 0.0898. The zero-order valence-electron chi connectivity index (χ0n) is 20.4. The molecule has 0 atom stereocenters. The summed E-state index contributed by atoms with van der Waals surface area (Å²) < 4.78 is 59.4. The molecule has 2 aromatic carbocycles. The first kappa shape index (κ1) is 25.0. The lowest BCUT2D eigenvalue weighted by Gasteiger charge is -2.14. The number of anilines is 3. The number of aromatic nitrogens is 3. The van der Waals surface area contributed by atoms with Gasteiger partial charge in [0, 0.05) is 42.8 Å². The Hall–Kier alpha value is -4.32. The summed E-state index contributed by atoms with van der Waals surface area (Å²) in [6.07, 6.45) is -1.84. The highest BCUT2D eigenvalue weighted by Gasteiger charge is 2.66. The fourth-order valence-electron chi connectivity index (χ4n) is 4.63. The Bertz CT molecular complexity index is 1550. The molecular formula is C27H22F4N6O2. The van der Waals surface area contributed by atoms with Gasteiger partial charge in [0.15, 0.2) is 11.6 Å². The number of carbonyl (C=O) groups is 1. The molecule has 1 aliphatic heterocycles. The Morgan fingerprint density at radius 3 is 2.49 bits per heavy atom. The number of amides is 1. The molecule has 4 aromatic rings. The third-order valence-corrected chi connectivity index (χ3v) is 7.02. The highest BCUT2D eigenvalue weighted by Crippen LogP contribution is 2.59. The van der Waals surface area contributed by atoms with Gasteiger partial charge >= 0.3 is 6.18 Å². The van der Waals surface area contributed by atoms with E-state index in [4.69, 9.17) is 4.52 Å². The first-order chi connectivity index (χ1) is 18.7. The fourth-order valence-corrected chi connectivity index (χ4v) is 4.63. The fraction of sp³-hybridized carbons (Fsp3) is 0.259. The van der Waals surface area contributed by atoms with E-state index in [0.717, 1.165) is 24.8 Å². The molecule has 12 heteroatoms. The lowest BCUT2D eigenvalue weighted by atomic mass is 10.0. The van der Waals surface area contributed by atoms with Gasteiger partial charge in [-0.05, 0) is 53.3 Å². The van der Waals surface area contributed by atoms with E-state index in [1.54, 1.807) is 18.5 Å². The average Bonchev–Trinajstić information content (AvgIpc) is 3.39. The van der Waals surface area contributed by atoms with Crippen molar-refractivity contribution in [1.82, 2.24) is 20.4 Å². The van der Waals surface area contributed by atoms with E-state index in [0.29, 0.717) is 17.1 Å². The van der Waals surface area contributed by atoms with Crippen molar-refractivity contribution >= 4 is 23.4 Å². The summed E-state index contributed by atoms with van der Waals surface area (Å²) in [5.74, 6) is -1.35. The highest BCUT2D eigenvalue weighted by atomic mass is 19.4. The van der Waals surface area contributed by atoms with E-state index in [-0.39, 0.29) is 36.4 Å². The summed E-state index contributed by atoms with van der Waals surface area (Å²) in [7, 11) is 0. The second-order valence-corrected chi connectivity index (χ2v) is 9.69. The normalized spacial score (nSPS) is 15.6. The minimum atomic E-state index is -4.46. The molecule has 8 nitrogen and oxygen atoms in total. The van der Waals surface area contributed by atoms with Crippen LogP contribution in [-0.4, -0.2) is 27.2 Å². The number of hydrogen-bond acceptors (Lipinski definition) is 7. The predicted molar refractivity (Wildman–Crippen MR) is 133 cm³/mol. The highest BCUT2D eigenvalue weighted by molar-refractivity contribution is 5.91. The van der Waals surface area contributed by atoms with Gasteiger partial charge in [-0.2, -0.15) is 13.2 Å². The SMILES string of the molecule is O=C(Cc1ccc(-c2cnc(Nc3ccc4c(c3)CNC4)nc2)cc1F)Nc1cc(C2(C(F)(F)F)CC2)on1. The van der Waals surface area contributed by atoms with Crippen molar-refractivity contribution in [2.24, 2.45) is 0 Å². The molecule has 1 amide bonds.